The maximum Gasteiger partial charge on any atom is 0.305 e. The molecule has 0 bridgehead atoms. The SMILES string of the molecule is O=C(O)CC1NCCc2cscc21. The number of hydrogen-bond donors (Lipinski definition) is 2. The van der Waals surface area contributed by atoms with Crippen LogP contribution in [0.3, 0.4) is 0 Å². The molecule has 2 N–H and O–H groups in total. The second kappa shape index (κ2) is 3.47. The van der Waals surface area contributed by atoms with Crippen molar-refractivity contribution in [3.63, 3.8) is 0 Å². The Morgan fingerprint density at radius 3 is 3.31 bits per heavy atom. The first-order valence-corrected chi connectivity index (χ1v) is 5.22. The summed E-state index contributed by atoms with van der Waals surface area (Å²) in [5.41, 5.74) is 2.49. The van der Waals surface area contributed by atoms with Crippen LogP contribution in [0, 0.1) is 0 Å². The van der Waals surface area contributed by atoms with Gasteiger partial charge in [0, 0.05) is 6.04 Å². The van der Waals surface area contributed by atoms with Gasteiger partial charge >= 0.3 is 5.97 Å². The van der Waals surface area contributed by atoms with E-state index in [4.69, 9.17) is 5.11 Å². The molecule has 1 aliphatic heterocycles. The van der Waals surface area contributed by atoms with E-state index in [0.717, 1.165) is 13.0 Å². The minimum atomic E-state index is -0.739. The second-order valence-corrected chi connectivity index (χ2v) is 3.95. The molecular formula is C9H11NO2S. The fourth-order valence-electron chi connectivity index (χ4n) is 1.69. The molecule has 3 nitrogen and oxygen atoms in total. The van der Waals surface area contributed by atoms with Gasteiger partial charge in [-0.2, -0.15) is 11.3 Å². The molecule has 0 amide bonds. The molecule has 0 aliphatic carbocycles. The number of aliphatic carboxylic acids is 1. The van der Waals surface area contributed by atoms with Crippen LogP contribution in [0.5, 0.6) is 0 Å². The quantitative estimate of drug-likeness (QED) is 0.753. The van der Waals surface area contributed by atoms with Crippen LogP contribution in [0.1, 0.15) is 23.6 Å². The highest BCUT2D eigenvalue weighted by Crippen LogP contribution is 2.28. The number of carboxylic acids is 1. The van der Waals surface area contributed by atoms with Crippen molar-refractivity contribution in [2.75, 3.05) is 6.54 Å². The Morgan fingerprint density at radius 1 is 1.69 bits per heavy atom. The van der Waals surface area contributed by atoms with Crippen LogP contribution < -0.4 is 5.32 Å². The van der Waals surface area contributed by atoms with Crippen LogP contribution >= 0.6 is 11.3 Å². The Bertz CT molecular complexity index is 321. The van der Waals surface area contributed by atoms with Crippen molar-refractivity contribution in [2.24, 2.45) is 0 Å². The van der Waals surface area contributed by atoms with Crippen molar-refractivity contribution in [3.8, 4) is 0 Å². The van der Waals surface area contributed by atoms with Crippen LogP contribution in [0.4, 0.5) is 0 Å². The van der Waals surface area contributed by atoms with Gasteiger partial charge in [0.1, 0.15) is 0 Å². The molecule has 0 spiro atoms. The number of rotatable bonds is 2. The standard InChI is InChI=1S/C9H11NO2S/c11-9(12)3-8-7-5-13-4-6(7)1-2-10-8/h4-5,8,10H,1-3H2,(H,11,12). The van der Waals surface area contributed by atoms with E-state index in [0.29, 0.717) is 0 Å². The lowest BCUT2D eigenvalue weighted by Crippen LogP contribution is -2.30. The van der Waals surface area contributed by atoms with E-state index in [9.17, 15) is 4.79 Å². The van der Waals surface area contributed by atoms with Crippen molar-refractivity contribution in [1.82, 2.24) is 5.32 Å². The summed E-state index contributed by atoms with van der Waals surface area (Å²) in [7, 11) is 0. The van der Waals surface area contributed by atoms with E-state index in [1.165, 1.54) is 11.1 Å². The second-order valence-electron chi connectivity index (χ2n) is 3.21. The average Bonchev–Trinajstić information content (AvgIpc) is 2.51. The number of carbonyl (C=O) groups is 1. The largest absolute Gasteiger partial charge is 0.481 e. The normalized spacial score (nSPS) is 21.1. The highest BCUT2D eigenvalue weighted by molar-refractivity contribution is 7.08. The molecule has 1 aromatic rings. The van der Waals surface area contributed by atoms with Crippen molar-refractivity contribution < 1.29 is 9.90 Å². The van der Waals surface area contributed by atoms with Gasteiger partial charge in [-0.15, -0.1) is 0 Å². The number of hydrogen-bond acceptors (Lipinski definition) is 3. The van der Waals surface area contributed by atoms with Gasteiger partial charge in [0.15, 0.2) is 0 Å². The summed E-state index contributed by atoms with van der Waals surface area (Å²) >= 11 is 1.65. The predicted octanol–water partition coefficient (Wildman–Crippen LogP) is 1.41. The van der Waals surface area contributed by atoms with Gasteiger partial charge in [-0.05, 0) is 34.9 Å². The molecule has 0 radical (unpaired) electrons. The van der Waals surface area contributed by atoms with Crippen LogP contribution in [0.25, 0.3) is 0 Å². The molecule has 0 fully saturated rings. The third kappa shape index (κ3) is 1.73. The maximum atomic E-state index is 10.6. The fraction of sp³-hybridized carbons (Fsp3) is 0.444. The summed E-state index contributed by atoms with van der Waals surface area (Å²) in [5, 5.41) is 16.1. The highest BCUT2D eigenvalue weighted by atomic mass is 32.1. The predicted molar refractivity (Wildman–Crippen MR) is 51.0 cm³/mol. The topological polar surface area (TPSA) is 49.3 Å². The first-order chi connectivity index (χ1) is 6.27. The molecule has 0 saturated heterocycles. The maximum absolute atomic E-state index is 10.6. The first-order valence-electron chi connectivity index (χ1n) is 4.27. The van der Waals surface area contributed by atoms with E-state index in [1.807, 2.05) is 0 Å². The minimum absolute atomic E-state index is 0.0208. The molecule has 0 saturated carbocycles. The number of nitrogens with one attached hydrogen (secondary N) is 1. The molecule has 4 heteroatoms. The Kier molecular flexibility index (Phi) is 2.33. The third-order valence-corrected chi connectivity index (χ3v) is 3.13. The molecule has 2 rings (SSSR count). The summed E-state index contributed by atoms with van der Waals surface area (Å²) in [6.07, 6.45) is 1.21. The summed E-state index contributed by atoms with van der Waals surface area (Å²) in [6.45, 7) is 0.891. The Hall–Kier alpha value is -0.870. The Morgan fingerprint density at radius 2 is 2.54 bits per heavy atom. The van der Waals surface area contributed by atoms with Crippen LogP contribution in [0.15, 0.2) is 10.8 Å². The monoisotopic (exact) mass is 197 g/mol. The lowest BCUT2D eigenvalue weighted by Gasteiger charge is -2.22. The molecule has 2 heterocycles. The van der Waals surface area contributed by atoms with Crippen molar-refractivity contribution in [1.29, 1.82) is 0 Å². The molecule has 1 unspecified atom stereocenters. The highest BCUT2D eigenvalue weighted by Gasteiger charge is 2.22. The summed E-state index contributed by atoms with van der Waals surface area (Å²) < 4.78 is 0. The van der Waals surface area contributed by atoms with Crippen molar-refractivity contribution in [3.05, 3.63) is 21.9 Å². The molecule has 1 atom stereocenters. The van der Waals surface area contributed by atoms with Gasteiger partial charge in [-0.25, -0.2) is 0 Å². The fourth-order valence-corrected chi connectivity index (χ4v) is 2.64. The van der Waals surface area contributed by atoms with E-state index < -0.39 is 5.97 Å². The van der Waals surface area contributed by atoms with E-state index in [2.05, 4.69) is 16.1 Å². The Balaban J connectivity index is 2.20. The lowest BCUT2D eigenvalue weighted by molar-refractivity contribution is -0.137. The molecule has 70 valence electrons. The molecular weight excluding hydrogens is 186 g/mol. The number of fused-ring (bicyclic) bond motifs is 1. The Labute approximate surface area is 80.4 Å². The smallest absolute Gasteiger partial charge is 0.305 e. The zero-order valence-corrected chi connectivity index (χ0v) is 7.93. The molecule has 1 aliphatic rings. The zero-order valence-electron chi connectivity index (χ0n) is 7.12. The number of thiophene rings is 1. The van der Waals surface area contributed by atoms with Gasteiger partial charge in [0.05, 0.1) is 6.42 Å². The van der Waals surface area contributed by atoms with Gasteiger partial charge in [-0.3, -0.25) is 4.79 Å². The molecule has 0 aromatic carbocycles. The van der Waals surface area contributed by atoms with E-state index in [-0.39, 0.29) is 12.5 Å². The summed E-state index contributed by atoms with van der Waals surface area (Å²) in [5.74, 6) is -0.739. The van der Waals surface area contributed by atoms with Crippen LogP contribution in [0.2, 0.25) is 0 Å². The van der Waals surface area contributed by atoms with Crippen molar-refractivity contribution in [2.45, 2.75) is 18.9 Å². The van der Waals surface area contributed by atoms with Crippen molar-refractivity contribution >= 4 is 17.3 Å². The number of carboxylic acid groups (broad SMARTS) is 1. The zero-order chi connectivity index (χ0) is 9.26. The van der Waals surface area contributed by atoms with Gasteiger partial charge in [0.2, 0.25) is 0 Å². The minimum Gasteiger partial charge on any atom is -0.481 e. The lowest BCUT2D eigenvalue weighted by atomic mass is 9.97. The van der Waals surface area contributed by atoms with E-state index in [1.54, 1.807) is 11.3 Å². The molecule has 13 heavy (non-hydrogen) atoms. The van der Waals surface area contributed by atoms with Crippen LogP contribution in [-0.4, -0.2) is 17.6 Å². The first kappa shape index (κ1) is 8.72. The molecule has 1 aromatic heterocycles. The van der Waals surface area contributed by atoms with Crippen LogP contribution in [-0.2, 0) is 11.2 Å². The van der Waals surface area contributed by atoms with Gasteiger partial charge in [-0.1, -0.05) is 0 Å². The summed E-state index contributed by atoms with van der Waals surface area (Å²) in [4.78, 5) is 10.6. The van der Waals surface area contributed by atoms with Gasteiger partial charge < -0.3 is 10.4 Å². The summed E-state index contributed by atoms with van der Waals surface area (Å²) in [6, 6.07) is 0.0208. The van der Waals surface area contributed by atoms with Gasteiger partial charge in [0.25, 0.3) is 0 Å². The van der Waals surface area contributed by atoms with E-state index >= 15 is 0 Å². The third-order valence-electron chi connectivity index (χ3n) is 2.32. The average molecular weight is 197 g/mol.